The van der Waals surface area contributed by atoms with Crippen LogP contribution in [0.2, 0.25) is 0 Å². The van der Waals surface area contributed by atoms with Gasteiger partial charge in [0.05, 0.1) is 11.7 Å². The summed E-state index contributed by atoms with van der Waals surface area (Å²) in [5, 5.41) is 3.35. The summed E-state index contributed by atoms with van der Waals surface area (Å²) in [4.78, 5) is 20.4. The van der Waals surface area contributed by atoms with Crippen LogP contribution in [0.15, 0.2) is 48.9 Å². The summed E-state index contributed by atoms with van der Waals surface area (Å²) in [5.41, 5.74) is 3.40. The van der Waals surface area contributed by atoms with Crippen LogP contribution >= 0.6 is 0 Å². The topological polar surface area (TPSA) is 66.8 Å². The Morgan fingerprint density at radius 3 is 2.85 bits per heavy atom. The van der Waals surface area contributed by atoms with Crippen LogP contribution in [0, 0.1) is 13.8 Å². The fourth-order valence-corrected chi connectivity index (χ4v) is 3.64. The molecule has 1 saturated heterocycles. The second-order valence-corrected chi connectivity index (χ2v) is 7.01. The molecule has 0 radical (unpaired) electrons. The highest BCUT2D eigenvalue weighted by Gasteiger charge is 2.27. The van der Waals surface area contributed by atoms with Gasteiger partial charge < -0.3 is 5.32 Å². The van der Waals surface area contributed by atoms with Gasteiger partial charge >= 0.3 is 0 Å². The lowest BCUT2D eigenvalue weighted by molar-refractivity contribution is 0.244. The fourth-order valence-electron chi connectivity index (χ4n) is 3.64. The number of aryl methyl sites for hydroxylation is 2. The van der Waals surface area contributed by atoms with Crippen molar-refractivity contribution < 1.29 is 0 Å². The lowest BCUT2D eigenvalue weighted by Gasteiger charge is -2.24. The molecule has 1 atom stereocenters. The van der Waals surface area contributed by atoms with Gasteiger partial charge in [-0.15, -0.1) is 0 Å². The Balaban J connectivity index is 1.57. The minimum atomic E-state index is 0.303. The van der Waals surface area contributed by atoms with E-state index in [0.717, 1.165) is 48.2 Å². The molecule has 3 aromatic rings. The standard InChI is InChI=1S/C21H24N6/c1-15-6-3-10-23-21(15)26-20-12-18(24-16(2)25-20)19-8-5-11-27(19)14-17-7-4-9-22-13-17/h3-4,6-7,9-10,12-13,19H,5,8,11,14H2,1-2H3,(H,23,24,25,26)/t19-/m1/s1. The minimum absolute atomic E-state index is 0.303. The predicted molar refractivity (Wildman–Crippen MR) is 106 cm³/mol. The number of likely N-dealkylation sites (tertiary alicyclic amines) is 1. The molecule has 1 fully saturated rings. The smallest absolute Gasteiger partial charge is 0.135 e. The van der Waals surface area contributed by atoms with Gasteiger partial charge in [0.2, 0.25) is 0 Å². The van der Waals surface area contributed by atoms with Gasteiger partial charge in [-0.3, -0.25) is 9.88 Å². The Kier molecular flexibility index (Phi) is 5.07. The molecule has 6 heteroatoms. The maximum absolute atomic E-state index is 4.74. The minimum Gasteiger partial charge on any atom is -0.325 e. The summed E-state index contributed by atoms with van der Waals surface area (Å²) in [7, 11) is 0. The summed E-state index contributed by atoms with van der Waals surface area (Å²) in [5.74, 6) is 2.41. The first-order valence-corrected chi connectivity index (χ1v) is 9.36. The van der Waals surface area contributed by atoms with E-state index in [4.69, 9.17) is 4.98 Å². The van der Waals surface area contributed by atoms with Gasteiger partial charge in [-0.1, -0.05) is 12.1 Å². The average molecular weight is 360 g/mol. The molecule has 6 nitrogen and oxygen atoms in total. The molecule has 0 spiro atoms. The Hall–Kier alpha value is -2.86. The van der Waals surface area contributed by atoms with Crippen molar-refractivity contribution in [2.45, 2.75) is 39.3 Å². The SMILES string of the molecule is Cc1nc(Nc2ncccc2C)cc([C@H]2CCCN2Cc2cccnc2)n1. The number of hydrogen-bond donors (Lipinski definition) is 1. The van der Waals surface area contributed by atoms with Gasteiger partial charge in [0.25, 0.3) is 0 Å². The number of rotatable bonds is 5. The van der Waals surface area contributed by atoms with Crippen LogP contribution in [0.4, 0.5) is 11.6 Å². The zero-order valence-corrected chi connectivity index (χ0v) is 15.8. The molecule has 138 valence electrons. The molecule has 0 aromatic carbocycles. The lowest BCUT2D eigenvalue weighted by atomic mass is 10.1. The van der Waals surface area contributed by atoms with E-state index >= 15 is 0 Å². The molecular formula is C21H24N6. The first-order chi connectivity index (χ1) is 13.2. The zero-order valence-electron chi connectivity index (χ0n) is 15.8. The van der Waals surface area contributed by atoms with Gasteiger partial charge in [0, 0.05) is 31.2 Å². The van der Waals surface area contributed by atoms with E-state index < -0.39 is 0 Å². The van der Waals surface area contributed by atoms with Crippen LogP contribution in [-0.2, 0) is 6.54 Å². The highest BCUT2D eigenvalue weighted by molar-refractivity contribution is 5.55. The van der Waals surface area contributed by atoms with E-state index in [0.29, 0.717) is 6.04 Å². The molecule has 0 unspecified atom stereocenters. The van der Waals surface area contributed by atoms with Crippen LogP contribution in [0.1, 0.15) is 41.5 Å². The maximum atomic E-state index is 4.74. The van der Waals surface area contributed by atoms with E-state index in [1.54, 1.807) is 6.20 Å². The van der Waals surface area contributed by atoms with Crippen LogP contribution < -0.4 is 5.32 Å². The third-order valence-corrected chi connectivity index (χ3v) is 4.93. The summed E-state index contributed by atoms with van der Waals surface area (Å²) in [6.07, 6.45) is 7.83. The monoisotopic (exact) mass is 360 g/mol. The quantitative estimate of drug-likeness (QED) is 0.743. The summed E-state index contributed by atoms with van der Waals surface area (Å²) >= 11 is 0. The van der Waals surface area contributed by atoms with E-state index in [1.807, 2.05) is 44.4 Å². The Bertz CT molecular complexity index is 912. The maximum Gasteiger partial charge on any atom is 0.135 e. The first-order valence-electron chi connectivity index (χ1n) is 9.36. The van der Waals surface area contributed by atoms with E-state index in [1.165, 1.54) is 12.0 Å². The largest absolute Gasteiger partial charge is 0.325 e. The predicted octanol–water partition coefficient (Wildman–Crippen LogP) is 3.96. The van der Waals surface area contributed by atoms with Crippen molar-refractivity contribution in [3.63, 3.8) is 0 Å². The van der Waals surface area contributed by atoms with Crippen molar-refractivity contribution in [2.75, 3.05) is 11.9 Å². The van der Waals surface area contributed by atoms with E-state index in [9.17, 15) is 0 Å². The number of anilines is 2. The van der Waals surface area contributed by atoms with Crippen molar-refractivity contribution in [1.29, 1.82) is 0 Å². The first kappa shape index (κ1) is 17.5. The van der Waals surface area contributed by atoms with Gasteiger partial charge in [-0.2, -0.15) is 0 Å². The average Bonchev–Trinajstić information content (AvgIpc) is 3.12. The van der Waals surface area contributed by atoms with Crippen LogP contribution in [0.25, 0.3) is 0 Å². The van der Waals surface area contributed by atoms with E-state index in [-0.39, 0.29) is 0 Å². The van der Waals surface area contributed by atoms with Crippen molar-refractivity contribution in [1.82, 2.24) is 24.8 Å². The van der Waals surface area contributed by atoms with Crippen molar-refractivity contribution in [3.05, 3.63) is 71.6 Å². The fraction of sp³-hybridized carbons (Fsp3) is 0.333. The second-order valence-electron chi connectivity index (χ2n) is 7.01. The number of nitrogens with one attached hydrogen (secondary N) is 1. The van der Waals surface area contributed by atoms with Crippen molar-refractivity contribution in [2.24, 2.45) is 0 Å². The molecule has 0 amide bonds. The Labute approximate surface area is 159 Å². The zero-order chi connectivity index (χ0) is 18.6. The third-order valence-electron chi connectivity index (χ3n) is 4.93. The van der Waals surface area contributed by atoms with Crippen molar-refractivity contribution >= 4 is 11.6 Å². The highest BCUT2D eigenvalue weighted by atomic mass is 15.2. The Morgan fingerprint density at radius 1 is 1.15 bits per heavy atom. The molecule has 4 rings (SSSR count). The van der Waals surface area contributed by atoms with Gasteiger partial charge in [0.15, 0.2) is 0 Å². The number of hydrogen-bond acceptors (Lipinski definition) is 6. The molecule has 0 aliphatic carbocycles. The molecule has 4 heterocycles. The number of aromatic nitrogens is 4. The molecule has 0 saturated carbocycles. The van der Waals surface area contributed by atoms with Gasteiger partial charge in [-0.05, 0) is 56.5 Å². The molecule has 1 aliphatic rings. The van der Waals surface area contributed by atoms with Crippen LogP contribution in [0.3, 0.4) is 0 Å². The van der Waals surface area contributed by atoms with Gasteiger partial charge in [-0.25, -0.2) is 15.0 Å². The molecule has 27 heavy (non-hydrogen) atoms. The second kappa shape index (κ2) is 7.80. The number of pyridine rings is 2. The van der Waals surface area contributed by atoms with Crippen LogP contribution in [-0.4, -0.2) is 31.4 Å². The summed E-state index contributed by atoms with van der Waals surface area (Å²) in [6, 6.07) is 10.5. The lowest BCUT2D eigenvalue weighted by Crippen LogP contribution is -2.24. The molecular weight excluding hydrogens is 336 g/mol. The van der Waals surface area contributed by atoms with E-state index in [2.05, 4.69) is 37.3 Å². The molecule has 1 N–H and O–H groups in total. The summed E-state index contributed by atoms with van der Waals surface area (Å²) in [6.45, 7) is 5.95. The Morgan fingerprint density at radius 2 is 2.04 bits per heavy atom. The normalized spacial score (nSPS) is 17.2. The molecule has 0 bridgehead atoms. The third kappa shape index (κ3) is 4.11. The van der Waals surface area contributed by atoms with Crippen LogP contribution in [0.5, 0.6) is 0 Å². The van der Waals surface area contributed by atoms with Gasteiger partial charge in [0.1, 0.15) is 17.5 Å². The van der Waals surface area contributed by atoms with Crippen molar-refractivity contribution in [3.8, 4) is 0 Å². The molecule has 1 aliphatic heterocycles. The highest BCUT2D eigenvalue weighted by Crippen LogP contribution is 2.33. The summed E-state index contributed by atoms with van der Waals surface area (Å²) < 4.78 is 0. The molecule has 3 aromatic heterocycles. The number of nitrogens with zero attached hydrogens (tertiary/aromatic N) is 5.